The maximum absolute atomic E-state index is 13.1. The molecular weight excluding hydrogens is 294 g/mol. The highest BCUT2D eigenvalue weighted by Gasteiger charge is 2.43. The maximum Gasteiger partial charge on any atom is 0.309 e. The average molecular weight is 319 g/mol. The fraction of sp³-hybridized carbons (Fsp3) is 0.706. The Hall–Kier alpha value is -1.85. The molecule has 6 heteroatoms. The molecule has 2 fully saturated rings. The van der Waals surface area contributed by atoms with Gasteiger partial charge in [0.25, 0.3) is 0 Å². The van der Waals surface area contributed by atoms with Crippen LogP contribution in [0.2, 0.25) is 0 Å². The van der Waals surface area contributed by atoms with Crippen molar-refractivity contribution in [2.24, 2.45) is 18.9 Å². The Morgan fingerprint density at radius 1 is 1.22 bits per heavy atom. The molecular formula is C17H25N3O3. The number of esters is 1. The molecule has 0 N–H and O–H groups in total. The monoisotopic (exact) mass is 319 g/mol. The van der Waals surface area contributed by atoms with Gasteiger partial charge in [-0.2, -0.15) is 5.10 Å². The molecule has 0 radical (unpaired) electrons. The first-order valence-electron chi connectivity index (χ1n) is 8.41. The Kier molecular flexibility index (Phi) is 4.41. The van der Waals surface area contributed by atoms with E-state index in [-0.39, 0.29) is 29.8 Å². The summed E-state index contributed by atoms with van der Waals surface area (Å²) in [6.07, 6.45) is 6.30. The summed E-state index contributed by atoms with van der Waals surface area (Å²) in [5, 5.41) is 4.31. The van der Waals surface area contributed by atoms with Crippen molar-refractivity contribution in [3.05, 3.63) is 17.5 Å². The summed E-state index contributed by atoms with van der Waals surface area (Å²) in [7, 11) is 3.32. The SMILES string of the molecule is COC(=O)[C@@H]1CCC[C@@H]1C(=O)N1CCC[C@@H]1c1cnn(C)c1C. The largest absolute Gasteiger partial charge is 0.469 e. The van der Waals surface area contributed by atoms with Crippen LogP contribution in [-0.4, -0.2) is 40.2 Å². The number of aromatic nitrogens is 2. The van der Waals surface area contributed by atoms with Gasteiger partial charge in [0.05, 0.1) is 31.2 Å². The van der Waals surface area contributed by atoms with Crippen LogP contribution in [0.3, 0.4) is 0 Å². The number of carbonyl (C=O) groups is 2. The fourth-order valence-corrected chi connectivity index (χ4v) is 4.10. The minimum absolute atomic E-state index is 0.0927. The molecule has 1 aromatic rings. The van der Waals surface area contributed by atoms with Crippen LogP contribution >= 0.6 is 0 Å². The predicted molar refractivity (Wildman–Crippen MR) is 84.5 cm³/mol. The molecule has 1 aliphatic heterocycles. The lowest BCUT2D eigenvalue weighted by Crippen LogP contribution is -2.39. The molecule has 1 aromatic heterocycles. The molecule has 1 saturated carbocycles. The lowest BCUT2D eigenvalue weighted by Gasteiger charge is -2.29. The fourth-order valence-electron chi connectivity index (χ4n) is 4.10. The zero-order valence-corrected chi connectivity index (χ0v) is 14.1. The second-order valence-corrected chi connectivity index (χ2v) is 6.67. The van der Waals surface area contributed by atoms with Gasteiger partial charge in [-0.15, -0.1) is 0 Å². The summed E-state index contributed by atoms with van der Waals surface area (Å²) in [6, 6.07) is 0.0927. The summed E-state index contributed by atoms with van der Waals surface area (Å²) in [5.41, 5.74) is 2.23. The number of nitrogens with zero attached hydrogens (tertiary/aromatic N) is 3. The highest BCUT2D eigenvalue weighted by Crippen LogP contribution is 2.39. The van der Waals surface area contributed by atoms with Crippen molar-refractivity contribution in [3.8, 4) is 0 Å². The standard InChI is InChI=1S/C17H25N3O3/c1-11-14(10-18-19(11)2)15-8-5-9-20(15)16(21)12-6-4-7-13(12)17(22)23-3/h10,12-13,15H,4-9H2,1-3H3/t12-,13+,15+/m0/s1. The van der Waals surface area contributed by atoms with E-state index in [1.165, 1.54) is 7.11 Å². The third-order valence-electron chi connectivity index (χ3n) is 5.51. The zero-order valence-electron chi connectivity index (χ0n) is 14.1. The van der Waals surface area contributed by atoms with Gasteiger partial charge >= 0.3 is 5.97 Å². The number of carbonyl (C=O) groups excluding carboxylic acids is 2. The molecule has 23 heavy (non-hydrogen) atoms. The van der Waals surface area contributed by atoms with Crippen LogP contribution in [0.5, 0.6) is 0 Å². The molecule has 0 aromatic carbocycles. The van der Waals surface area contributed by atoms with Crippen LogP contribution in [0.1, 0.15) is 49.4 Å². The summed E-state index contributed by atoms with van der Waals surface area (Å²) in [5.74, 6) is -0.624. The van der Waals surface area contributed by atoms with Crippen LogP contribution in [0.4, 0.5) is 0 Å². The molecule has 6 nitrogen and oxygen atoms in total. The van der Waals surface area contributed by atoms with Crippen molar-refractivity contribution in [2.45, 2.75) is 45.1 Å². The third kappa shape index (κ3) is 2.75. The van der Waals surface area contributed by atoms with Gasteiger partial charge in [0.2, 0.25) is 5.91 Å². The van der Waals surface area contributed by atoms with Crippen molar-refractivity contribution in [1.29, 1.82) is 0 Å². The first-order chi connectivity index (χ1) is 11.0. The van der Waals surface area contributed by atoms with Gasteiger partial charge in [-0.1, -0.05) is 6.42 Å². The summed E-state index contributed by atoms with van der Waals surface area (Å²) in [6.45, 7) is 2.80. The summed E-state index contributed by atoms with van der Waals surface area (Å²) in [4.78, 5) is 27.0. The highest BCUT2D eigenvalue weighted by molar-refractivity contribution is 5.86. The van der Waals surface area contributed by atoms with Crippen LogP contribution in [-0.2, 0) is 21.4 Å². The third-order valence-corrected chi connectivity index (χ3v) is 5.51. The first kappa shape index (κ1) is 16.0. The number of aryl methyl sites for hydroxylation is 1. The summed E-state index contributed by atoms with van der Waals surface area (Å²) < 4.78 is 6.74. The second kappa shape index (κ2) is 6.34. The molecule has 0 unspecified atom stereocenters. The van der Waals surface area contributed by atoms with Gasteiger partial charge in [-0.25, -0.2) is 0 Å². The molecule has 0 spiro atoms. The molecule has 3 rings (SSSR count). The quantitative estimate of drug-likeness (QED) is 0.799. The van der Waals surface area contributed by atoms with E-state index in [1.807, 2.05) is 29.7 Å². The van der Waals surface area contributed by atoms with Crippen LogP contribution in [0, 0.1) is 18.8 Å². The molecule has 0 bridgehead atoms. The molecule has 2 heterocycles. The van der Waals surface area contributed by atoms with Crippen molar-refractivity contribution in [2.75, 3.05) is 13.7 Å². The predicted octanol–water partition coefficient (Wildman–Crippen LogP) is 1.98. The number of amides is 1. The Morgan fingerprint density at radius 2 is 1.96 bits per heavy atom. The Bertz CT molecular complexity index is 610. The van der Waals surface area contributed by atoms with E-state index in [0.717, 1.165) is 49.9 Å². The molecule has 3 atom stereocenters. The average Bonchev–Trinajstić information content (AvgIpc) is 3.27. The molecule has 1 amide bonds. The van der Waals surface area contributed by atoms with Crippen molar-refractivity contribution in [3.63, 3.8) is 0 Å². The van der Waals surface area contributed by atoms with Gasteiger partial charge in [0, 0.05) is 24.8 Å². The Labute approximate surface area is 136 Å². The molecule has 1 saturated heterocycles. The second-order valence-electron chi connectivity index (χ2n) is 6.67. The zero-order chi connectivity index (χ0) is 16.6. The highest BCUT2D eigenvalue weighted by atomic mass is 16.5. The Balaban J connectivity index is 1.81. The summed E-state index contributed by atoms with van der Waals surface area (Å²) >= 11 is 0. The topological polar surface area (TPSA) is 64.4 Å². The number of methoxy groups -OCH3 is 1. The normalized spacial score (nSPS) is 27.4. The van der Waals surface area contributed by atoms with Gasteiger partial charge in [-0.05, 0) is 32.6 Å². The van der Waals surface area contributed by atoms with Crippen LogP contribution < -0.4 is 0 Å². The van der Waals surface area contributed by atoms with E-state index >= 15 is 0 Å². The number of hydrogen-bond donors (Lipinski definition) is 0. The van der Waals surface area contributed by atoms with Crippen LogP contribution in [0.15, 0.2) is 6.20 Å². The van der Waals surface area contributed by atoms with Gasteiger partial charge in [0.15, 0.2) is 0 Å². The van der Waals surface area contributed by atoms with E-state index in [0.29, 0.717) is 0 Å². The van der Waals surface area contributed by atoms with Gasteiger partial charge in [-0.3, -0.25) is 14.3 Å². The van der Waals surface area contributed by atoms with E-state index in [9.17, 15) is 9.59 Å². The van der Waals surface area contributed by atoms with E-state index in [1.54, 1.807) is 0 Å². The van der Waals surface area contributed by atoms with Crippen LogP contribution in [0.25, 0.3) is 0 Å². The minimum Gasteiger partial charge on any atom is -0.469 e. The van der Waals surface area contributed by atoms with E-state index in [2.05, 4.69) is 5.10 Å². The molecule has 126 valence electrons. The van der Waals surface area contributed by atoms with E-state index < -0.39 is 0 Å². The molecule has 1 aliphatic carbocycles. The lowest BCUT2D eigenvalue weighted by atomic mass is 9.94. The molecule has 2 aliphatic rings. The van der Waals surface area contributed by atoms with Crippen molar-refractivity contribution >= 4 is 11.9 Å². The first-order valence-corrected chi connectivity index (χ1v) is 8.41. The smallest absolute Gasteiger partial charge is 0.309 e. The Morgan fingerprint density at radius 3 is 2.61 bits per heavy atom. The van der Waals surface area contributed by atoms with Gasteiger partial charge in [0.1, 0.15) is 0 Å². The van der Waals surface area contributed by atoms with Crippen molar-refractivity contribution < 1.29 is 14.3 Å². The number of rotatable bonds is 3. The lowest BCUT2D eigenvalue weighted by molar-refractivity contribution is -0.152. The number of ether oxygens (including phenoxy) is 1. The van der Waals surface area contributed by atoms with E-state index in [4.69, 9.17) is 4.74 Å². The minimum atomic E-state index is -0.274. The number of likely N-dealkylation sites (tertiary alicyclic amines) is 1. The van der Waals surface area contributed by atoms with Crippen molar-refractivity contribution in [1.82, 2.24) is 14.7 Å². The number of hydrogen-bond acceptors (Lipinski definition) is 4. The maximum atomic E-state index is 13.1. The van der Waals surface area contributed by atoms with Gasteiger partial charge < -0.3 is 9.64 Å².